The molecule has 1 atom stereocenters. The Bertz CT molecular complexity index is 678. The van der Waals surface area contributed by atoms with E-state index in [-0.39, 0.29) is 24.7 Å². The van der Waals surface area contributed by atoms with E-state index in [1.165, 1.54) is 12.2 Å². The fourth-order valence-electron chi connectivity index (χ4n) is 1.49. The first-order chi connectivity index (χ1) is 11.0. The predicted molar refractivity (Wildman–Crippen MR) is 75.1 cm³/mol. The molecular formula is C12H14N2O9S. The van der Waals surface area contributed by atoms with Crippen LogP contribution in [0.3, 0.4) is 0 Å². The predicted octanol–water partition coefficient (Wildman–Crippen LogP) is -1.54. The van der Waals surface area contributed by atoms with Crippen LogP contribution in [0.25, 0.3) is 0 Å². The van der Waals surface area contributed by atoms with Crippen molar-refractivity contribution in [3.05, 3.63) is 12.2 Å². The molecule has 24 heavy (non-hydrogen) atoms. The molecule has 4 amide bonds. The zero-order chi connectivity index (χ0) is 18.5. The van der Waals surface area contributed by atoms with Crippen LogP contribution in [0.2, 0.25) is 0 Å². The number of hydroxylamine groups is 2. The molecule has 0 bridgehead atoms. The highest BCUT2D eigenvalue weighted by Crippen LogP contribution is 2.14. The van der Waals surface area contributed by atoms with Crippen molar-refractivity contribution >= 4 is 39.7 Å². The van der Waals surface area contributed by atoms with Gasteiger partial charge in [-0.1, -0.05) is 0 Å². The zero-order valence-corrected chi connectivity index (χ0v) is 13.2. The van der Waals surface area contributed by atoms with Gasteiger partial charge in [0.05, 0.1) is 11.7 Å². The van der Waals surface area contributed by atoms with E-state index in [1.807, 2.05) is 5.32 Å². The van der Waals surface area contributed by atoms with Gasteiger partial charge in [-0.15, -0.1) is 5.06 Å². The summed E-state index contributed by atoms with van der Waals surface area (Å²) in [6.45, 7) is 1.10. The van der Waals surface area contributed by atoms with Gasteiger partial charge >= 0.3 is 5.97 Å². The molecule has 2 heterocycles. The third kappa shape index (κ3) is 5.89. The normalized spacial score (nSPS) is 18.2. The Hall–Kier alpha value is -2.60. The number of amides is 4. The first kappa shape index (κ1) is 19.4. The summed E-state index contributed by atoms with van der Waals surface area (Å²) in [6, 6.07) is 0. The van der Waals surface area contributed by atoms with Gasteiger partial charge in [-0.2, -0.15) is 8.42 Å². The Labute approximate surface area is 136 Å². The maximum atomic E-state index is 11.2. The fourth-order valence-corrected chi connectivity index (χ4v) is 1.84. The molecular weight excluding hydrogens is 348 g/mol. The van der Waals surface area contributed by atoms with Crippen LogP contribution >= 0.6 is 0 Å². The van der Waals surface area contributed by atoms with Gasteiger partial charge in [0.15, 0.2) is 0 Å². The molecule has 0 aromatic carbocycles. The fraction of sp³-hybridized carbons (Fsp3) is 0.417. The summed E-state index contributed by atoms with van der Waals surface area (Å²) in [7, 11) is -4.35. The highest BCUT2D eigenvalue weighted by Gasteiger charge is 2.33. The van der Waals surface area contributed by atoms with Crippen molar-refractivity contribution in [3.63, 3.8) is 0 Å². The SMILES string of the molecule is CC(CC(=O)ON1C(=O)CCC1=O)S(=O)(=O)O.O=C1C=CC(=O)N1. The Morgan fingerprint density at radius 1 is 1.21 bits per heavy atom. The molecule has 2 aliphatic rings. The monoisotopic (exact) mass is 362 g/mol. The molecule has 2 N–H and O–H groups in total. The maximum Gasteiger partial charge on any atom is 0.334 e. The van der Waals surface area contributed by atoms with Gasteiger partial charge in [0, 0.05) is 25.0 Å². The first-order valence-corrected chi connectivity index (χ1v) is 8.07. The summed E-state index contributed by atoms with van der Waals surface area (Å²) in [6.07, 6.45) is 1.67. The minimum Gasteiger partial charge on any atom is -0.330 e. The molecule has 0 aromatic heterocycles. The van der Waals surface area contributed by atoms with Gasteiger partial charge in [-0.05, 0) is 6.92 Å². The van der Waals surface area contributed by atoms with Crippen LogP contribution in [0.15, 0.2) is 12.2 Å². The second-order valence-electron chi connectivity index (χ2n) is 4.76. The molecule has 0 aliphatic carbocycles. The summed E-state index contributed by atoms with van der Waals surface area (Å²) in [4.78, 5) is 57.8. The standard InChI is InChI=1S/C8H11NO7S.C4H3NO2/c1-5(17(13,14)15)4-8(12)16-9-6(10)2-3-7(9)11;6-3-1-2-4(7)5-3/h5H,2-4H2,1H3,(H,13,14,15);1-2H,(H,5,6,7). The summed E-state index contributed by atoms with van der Waals surface area (Å²) in [5.41, 5.74) is 0. The Kier molecular flexibility index (Phi) is 6.31. The number of rotatable bonds is 4. The van der Waals surface area contributed by atoms with Crippen LogP contribution in [0.5, 0.6) is 0 Å². The summed E-state index contributed by atoms with van der Waals surface area (Å²) in [5.74, 6) is -3.03. The Balaban J connectivity index is 0.000000341. The van der Waals surface area contributed by atoms with E-state index in [1.54, 1.807) is 0 Å². The van der Waals surface area contributed by atoms with Gasteiger partial charge < -0.3 is 4.84 Å². The molecule has 1 unspecified atom stereocenters. The van der Waals surface area contributed by atoms with Crippen molar-refractivity contribution < 1.29 is 41.8 Å². The minimum absolute atomic E-state index is 0.0417. The van der Waals surface area contributed by atoms with Crippen molar-refractivity contribution in [2.45, 2.75) is 31.4 Å². The summed E-state index contributed by atoms with van der Waals surface area (Å²) in [5, 5.41) is 0.988. The quantitative estimate of drug-likeness (QED) is 0.445. The highest BCUT2D eigenvalue weighted by atomic mass is 32.2. The number of carbonyl (C=O) groups excluding carboxylic acids is 5. The Morgan fingerprint density at radius 2 is 1.67 bits per heavy atom. The number of hydrogen-bond donors (Lipinski definition) is 2. The molecule has 0 aromatic rings. The largest absolute Gasteiger partial charge is 0.334 e. The summed E-state index contributed by atoms with van der Waals surface area (Å²) < 4.78 is 29.9. The van der Waals surface area contributed by atoms with E-state index >= 15 is 0 Å². The number of nitrogens with one attached hydrogen (secondary N) is 1. The van der Waals surface area contributed by atoms with Crippen LogP contribution in [-0.4, -0.2) is 52.9 Å². The molecule has 0 saturated carbocycles. The topological polar surface area (TPSA) is 164 Å². The van der Waals surface area contributed by atoms with E-state index in [4.69, 9.17) is 4.55 Å². The molecule has 12 heteroatoms. The van der Waals surface area contributed by atoms with Crippen molar-refractivity contribution in [1.82, 2.24) is 10.4 Å². The number of carbonyl (C=O) groups is 5. The number of nitrogens with zero attached hydrogens (tertiary/aromatic N) is 1. The molecule has 11 nitrogen and oxygen atoms in total. The Morgan fingerprint density at radius 3 is 2.00 bits per heavy atom. The van der Waals surface area contributed by atoms with E-state index in [0.29, 0.717) is 5.06 Å². The molecule has 0 radical (unpaired) electrons. The lowest BCUT2D eigenvalue weighted by Crippen LogP contribution is -2.33. The average molecular weight is 362 g/mol. The van der Waals surface area contributed by atoms with Gasteiger partial charge in [0.25, 0.3) is 33.7 Å². The smallest absolute Gasteiger partial charge is 0.330 e. The average Bonchev–Trinajstić information content (AvgIpc) is 2.97. The van der Waals surface area contributed by atoms with Crippen molar-refractivity contribution in [2.75, 3.05) is 0 Å². The second-order valence-corrected chi connectivity index (χ2v) is 6.60. The second kappa shape index (κ2) is 7.79. The molecule has 1 saturated heterocycles. The molecule has 1 fully saturated rings. The van der Waals surface area contributed by atoms with Crippen LogP contribution in [0.4, 0.5) is 0 Å². The van der Waals surface area contributed by atoms with E-state index in [0.717, 1.165) is 6.92 Å². The number of hydrogen-bond acceptors (Lipinski definition) is 8. The van der Waals surface area contributed by atoms with Gasteiger partial charge in [-0.25, -0.2) is 4.79 Å². The van der Waals surface area contributed by atoms with Crippen molar-refractivity contribution in [3.8, 4) is 0 Å². The van der Waals surface area contributed by atoms with Gasteiger partial charge in [0.1, 0.15) is 0 Å². The molecule has 2 aliphatic heterocycles. The van der Waals surface area contributed by atoms with E-state index in [9.17, 15) is 32.4 Å². The van der Waals surface area contributed by atoms with E-state index in [2.05, 4.69) is 4.84 Å². The van der Waals surface area contributed by atoms with Crippen LogP contribution in [0, 0.1) is 0 Å². The van der Waals surface area contributed by atoms with Gasteiger partial charge in [-0.3, -0.25) is 29.0 Å². The third-order valence-corrected chi connectivity index (χ3v) is 3.98. The van der Waals surface area contributed by atoms with Crippen LogP contribution < -0.4 is 5.32 Å². The maximum absolute atomic E-state index is 11.2. The van der Waals surface area contributed by atoms with Crippen LogP contribution in [-0.2, 0) is 38.9 Å². The van der Waals surface area contributed by atoms with Gasteiger partial charge in [0.2, 0.25) is 0 Å². The van der Waals surface area contributed by atoms with Crippen molar-refractivity contribution in [2.24, 2.45) is 0 Å². The first-order valence-electron chi connectivity index (χ1n) is 6.56. The lowest BCUT2D eigenvalue weighted by molar-refractivity contribution is -0.197. The lowest BCUT2D eigenvalue weighted by Gasteiger charge is -2.13. The zero-order valence-electron chi connectivity index (χ0n) is 12.4. The minimum atomic E-state index is -4.35. The van der Waals surface area contributed by atoms with Crippen LogP contribution in [0.1, 0.15) is 26.2 Å². The third-order valence-electron chi connectivity index (χ3n) is 2.79. The van der Waals surface area contributed by atoms with E-state index < -0.39 is 39.6 Å². The lowest BCUT2D eigenvalue weighted by atomic mass is 10.3. The molecule has 2 rings (SSSR count). The number of imide groups is 2. The molecule has 132 valence electrons. The van der Waals surface area contributed by atoms with Crippen molar-refractivity contribution in [1.29, 1.82) is 0 Å². The molecule has 0 spiro atoms. The summed E-state index contributed by atoms with van der Waals surface area (Å²) >= 11 is 0. The highest BCUT2D eigenvalue weighted by molar-refractivity contribution is 7.86.